The van der Waals surface area contributed by atoms with Gasteiger partial charge >= 0.3 is 0 Å². The summed E-state index contributed by atoms with van der Waals surface area (Å²) in [5, 5.41) is 3.21. The summed E-state index contributed by atoms with van der Waals surface area (Å²) >= 11 is 2.24. The van der Waals surface area contributed by atoms with Crippen LogP contribution in [0.3, 0.4) is 0 Å². The van der Waals surface area contributed by atoms with Gasteiger partial charge in [-0.2, -0.15) is 0 Å². The Balaban J connectivity index is 2.01. The topological polar surface area (TPSA) is 29.1 Å². The maximum atomic E-state index is 12.2. The number of halogens is 1. The first-order valence-corrected chi connectivity index (χ1v) is 7.81. The Morgan fingerprint density at radius 2 is 2.06 bits per heavy atom. The van der Waals surface area contributed by atoms with Crippen molar-refractivity contribution in [2.45, 2.75) is 45.1 Å². The lowest BCUT2D eigenvalue weighted by Crippen LogP contribution is -2.38. The molecule has 1 saturated carbocycles. The molecule has 2 unspecified atom stereocenters. The zero-order valence-electron chi connectivity index (χ0n) is 10.8. The van der Waals surface area contributed by atoms with Crippen LogP contribution in [0.5, 0.6) is 0 Å². The maximum absolute atomic E-state index is 12.2. The molecule has 2 atom stereocenters. The SMILES string of the molecule is CC1CCCCCC1NC(=O)c1cccc(I)c1. The van der Waals surface area contributed by atoms with Gasteiger partial charge in [-0.1, -0.05) is 32.3 Å². The van der Waals surface area contributed by atoms with Crippen molar-refractivity contribution in [3.8, 4) is 0 Å². The fraction of sp³-hybridized carbons (Fsp3) is 0.533. The van der Waals surface area contributed by atoms with Gasteiger partial charge in [-0.15, -0.1) is 0 Å². The van der Waals surface area contributed by atoms with Crippen molar-refractivity contribution in [3.63, 3.8) is 0 Å². The average Bonchev–Trinajstić information content (AvgIpc) is 2.55. The predicted octanol–water partition coefficient (Wildman–Crippen LogP) is 3.99. The first-order chi connectivity index (χ1) is 8.66. The van der Waals surface area contributed by atoms with Gasteiger partial charge in [0.15, 0.2) is 0 Å². The van der Waals surface area contributed by atoms with Crippen molar-refractivity contribution < 1.29 is 4.79 Å². The summed E-state index contributed by atoms with van der Waals surface area (Å²) in [6, 6.07) is 8.12. The zero-order chi connectivity index (χ0) is 13.0. The first-order valence-electron chi connectivity index (χ1n) is 6.73. The molecule has 2 rings (SSSR count). The van der Waals surface area contributed by atoms with Crippen LogP contribution >= 0.6 is 22.6 Å². The molecule has 1 N–H and O–H groups in total. The van der Waals surface area contributed by atoms with Crippen LogP contribution in [0.2, 0.25) is 0 Å². The van der Waals surface area contributed by atoms with Gasteiger partial charge in [-0.3, -0.25) is 4.79 Å². The Bertz CT molecular complexity index is 419. The molecule has 1 aromatic rings. The van der Waals surface area contributed by atoms with Crippen molar-refractivity contribution in [2.75, 3.05) is 0 Å². The molecule has 1 amide bonds. The minimum atomic E-state index is 0.0762. The van der Waals surface area contributed by atoms with E-state index in [0.717, 1.165) is 15.6 Å². The van der Waals surface area contributed by atoms with Gasteiger partial charge < -0.3 is 5.32 Å². The van der Waals surface area contributed by atoms with E-state index in [0.29, 0.717) is 12.0 Å². The fourth-order valence-electron chi connectivity index (χ4n) is 2.59. The van der Waals surface area contributed by atoms with Crippen molar-refractivity contribution >= 4 is 28.5 Å². The number of carbonyl (C=O) groups excluding carboxylic acids is 1. The van der Waals surface area contributed by atoms with Gasteiger partial charge in [0.25, 0.3) is 5.91 Å². The molecule has 2 nitrogen and oxygen atoms in total. The Kier molecular flexibility index (Phi) is 5.03. The summed E-state index contributed by atoms with van der Waals surface area (Å²) in [5.41, 5.74) is 0.776. The largest absolute Gasteiger partial charge is 0.349 e. The normalized spacial score (nSPS) is 24.3. The van der Waals surface area contributed by atoms with Gasteiger partial charge in [0.2, 0.25) is 0 Å². The highest BCUT2D eigenvalue weighted by molar-refractivity contribution is 14.1. The molecule has 1 fully saturated rings. The second kappa shape index (κ2) is 6.55. The number of benzene rings is 1. The number of hydrogen-bond donors (Lipinski definition) is 1. The summed E-state index contributed by atoms with van der Waals surface area (Å²) in [7, 11) is 0. The van der Waals surface area contributed by atoms with Crippen molar-refractivity contribution in [3.05, 3.63) is 33.4 Å². The molecule has 0 radical (unpaired) electrons. The minimum absolute atomic E-state index is 0.0762. The van der Waals surface area contributed by atoms with Crippen LogP contribution in [0.4, 0.5) is 0 Å². The third-order valence-electron chi connectivity index (χ3n) is 3.76. The number of rotatable bonds is 2. The van der Waals surface area contributed by atoms with Crippen molar-refractivity contribution in [1.82, 2.24) is 5.32 Å². The molecule has 0 aromatic heterocycles. The van der Waals surface area contributed by atoms with Crippen LogP contribution in [0.25, 0.3) is 0 Å². The van der Waals surface area contributed by atoms with Crippen LogP contribution in [0, 0.1) is 9.49 Å². The van der Waals surface area contributed by atoms with Gasteiger partial charge in [0.05, 0.1) is 0 Å². The van der Waals surface area contributed by atoms with Crippen molar-refractivity contribution in [1.29, 1.82) is 0 Å². The highest BCUT2D eigenvalue weighted by Gasteiger charge is 2.21. The third kappa shape index (κ3) is 3.70. The first kappa shape index (κ1) is 13.8. The minimum Gasteiger partial charge on any atom is -0.349 e. The molecule has 3 heteroatoms. The highest BCUT2D eigenvalue weighted by atomic mass is 127. The van der Waals surface area contributed by atoms with Crippen LogP contribution in [-0.2, 0) is 0 Å². The van der Waals surface area contributed by atoms with Gasteiger partial charge in [-0.25, -0.2) is 0 Å². The predicted molar refractivity (Wildman–Crippen MR) is 82.7 cm³/mol. The molecule has 1 aliphatic carbocycles. The van der Waals surface area contributed by atoms with Gasteiger partial charge in [-0.05, 0) is 59.5 Å². The molecule has 0 spiro atoms. The summed E-state index contributed by atoms with van der Waals surface area (Å²) in [6.45, 7) is 2.25. The Hall–Kier alpha value is -0.580. The van der Waals surface area contributed by atoms with E-state index in [1.807, 2.05) is 24.3 Å². The molecule has 98 valence electrons. The molecule has 0 heterocycles. The lowest BCUT2D eigenvalue weighted by molar-refractivity contribution is 0.0921. The standard InChI is InChI=1S/C15H20INO/c1-11-6-3-2-4-9-14(11)17-15(18)12-7-5-8-13(16)10-12/h5,7-8,10-11,14H,2-4,6,9H2,1H3,(H,17,18). The van der Waals surface area contributed by atoms with E-state index in [1.54, 1.807) is 0 Å². The molecular formula is C15H20INO. The number of amides is 1. The Morgan fingerprint density at radius 3 is 2.83 bits per heavy atom. The fourth-order valence-corrected chi connectivity index (χ4v) is 3.13. The zero-order valence-corrected chi connectivity index (χ0v) is 12.9. The second-order valence-corrected chi connectivity index (χ2v) is 6.45. The van der Waals surface area contributed by atoms with Crippen LogP contribution in [0.1, 0.15) is 49.4 Å². The smallest absolute Gasteiger partial charge is 0.251 e. The van der Waals surface area contributed by atoms with E-state index in [4.69, 9.17) is 0 Å². The summed E-state index contributed by atoms with van der Waals surface area (Å²) in [6.07, 6.45) is 6.20. The molecule has 0 aliphatic heterocycles. The van der Waals surface area contributed by atoms with Crippen LogP contribution < -0.4 is 5.32 Å². The lowest BCUT2D eigenvalue weighted by atomic mass is 9.96. The third-order valence-corrected chi connectivity index (χ3v) is 4.44. The quantitative estimate of drug-likeness (QED) is 0.629. The summed E-state index contributed by atoms with van der Waals surface area (Å²) < 4.78 is 1.11. The van der Waals surface area contributed by atoms with Crippen LogP contribution in [0.15, 0.2) is 24.3 Å². The maximum Gasteiger partial charge on any atom is 0.251 e. The molecule has 18 heavy (non-hydrogen) atoms. The van der Waals surface area contributed by atoms with Gasteiger partial charge in [0, 0.05) is 15.2 Å². The molecular weight excluding hydrogens is 337 g/mol. The Labute approximate surface area is 123 Å². The summed E-state index contributed by atoms with van der Waals surface area (Å²) in [4.78, 5) is 12.2. The van der Waals surface area contributed by atoms with E-state index in [9.17, 15) is 4.79 Å². The van der Waals surface area contributed by atoms with E-state index < -0.39 is 0 Å². The average molecular weight is 357 g/mol. The van der Waals surface area contributed by atoms with Crippen LogP contribution in [-0.4, -0.2) is 11.9 Å². The Morgan fingerprint density at radius 1 is 1.28 bits per heavy atom. The molecule has 0 bridgehead atoms. The van der Waals surface area contributed by atoms with E-state index in [1.165, 1.54) is 25.7 Å². The monoisotopic (exact) mass is 357 g/mol. The van der Waals surface area contributed by atoms with E-state index >= 15 is 0 Å². The molecule has 1 aliphatic rings. The molecule has 1 aromatic carbocycles. The van der Waals surface area contributed by atoms with E-state index in [-0.39, 0.29) is 5.91 Å². The number of hydrogen-bond acceptors (Lipinski definition) is 1. The van der Waals surface area contributed by atoms with E-state index in [2.05, 4.69) is 34.8 Å². The molecule has 0 saturated heterocycles. The van der Waals surface area contributed by atoms with Crippen molar-refractivity contribution in [2.24, 2.45) is 5.92 Å². The number of nitrogens with one attached hydrogen (secondary N) is 1. The number of carbonyl (C=O) groups is 1. The highest BCUT2D eigenvalue weighted by Crippen LogP contribution is 2.23. The van der Waals surface area contributed by atoms with Gasteiger partial charge in [0.1, 0.15) is 0 Å². The lowest BCUT2D eigenvalue weighted by Gasteiger charge is -2.22. The second-order valence-electron chi connectivity index (χ2n) is 5.21. The summed E-state index contributed by atoms with van der Waals surface area (Å²) in [5.74, 6) is 0.673.